The van der Waals surface area contributed by atoms with E-state index >= 15 is 0 Å². The van der Waals surface area contributed by atoms with Crippen LogP contribution < -0.4 is 0 Å². The molecule has 0 spiro atoms. The minimum absolute atomic E-state index is 0.657. The van der Waals surface area contributed by atoms with E-state index in [9.17, 15) is 0 Å². The molecule has 0 fully saturated rings. The smallest absolute Gasteiger partial charge is 0.0991 e. The van der Waals surface area contributed by atoms with Crippen LogP contribution in [0, 0.1) is 0 Å². The van der Waals surface area contributed by atoms with E-state index in [2.05, 4.69) is 47.7 Å². The number of para-hydroxylation sites is 1. The molecule has 1 aromatic carbocycles. The molecule has 23 heavy (non-hydrogen) atoms. The molecule has 0 unspecified atom stereocenters. The number of aromatic nitrogens is 2. The monoisotopic (exact) mass is 312 g/mol. The standard InChI is InChI=1S/C21H32N2/c1-3-5-6-7-8-9-10-13-19(4-2)20-14-11-12-15-21(20)23-17-16-22-18-23/h11-12,14-19H,3-10,13H2,1-2H3/t19-/m0/s1. The van der Waals surface area contributed by atoms with E-state index in [-0.39, 0.29) is 0 Å². The van der Waals surface area contributed by atoms with Gasteiger partial charge in [-0.25, -0.2) is 4.98 Å². The fraction of sp³-hybridized carbons (Fsp3) is 0.571. The number of imidazole rings is 1. The molecule has 0 saturated carbocycles. The lowest BCUT2D eigenvalue weighted by Gasteiger charge is -2.19. The van der Waals surface area contributed by atoms with Gasteiger partial charge in [0.1, 0.15) is 0 Å². The molecule has 0 saturated heterocycles. The fourth-order valence-electron chi connectivity index (χ4n) is 3.40. The Balaban J connectivity index is 1.89. The summed E-state index contributed by atoms with van der Waals surface area (Å²) in [5, 5.41) is 0. The van der Waals surface area contributed by atoms with Crippen LogP contribution in [0.4, 0.5) is 0 Å². The maximum absolute atomic E-state index is 4.20. The Hall–Kier alpha value is -1.57. The van der Waals surface area contributed by atoms with Gasteiger partial charge in [-0.1, -0.05) is 77.0 Å². The molecule has 0 bridgehead atoms. The van der Waals surface area contributed by atoms with Gasteiger partial charge >= 0.3 is 0 Å². The van der Waals surface area contributed by atoms with Crippen molar-refractivity contribution in [2.75, 3.05) is 0 Å². The van der Waals surface area contributed by atoms with Crippen molar-refractivity contribution in [1.82, 2.24) is 9.55 Å². The molecule has 1 aromatic heterocycles. The van der Waals surface area contributed by atoms with E-state index in [1.807, 2.05) is 18.7 Å². The number of nitrogens with zero attached hydrogens (tertiary/aromatic N) is 2. The topological polar surface area (TPSA) is 17.8 Å². The molecule has 0 amide bonds. The summed E-state index contributed by atoms with van der Waals surface area (Å²) in [7, 11) is 0. The summed E-state index contributed by atoms with van der Waals surface area (Å²) >= 11 is 0. The molecule has 2 aromatic rings. The van der Waals surface area contributed by atoms with Crippen molar-refractivity contribution < 1.29 is 0 Å². The highest BCUT2D eigenvalue weighted by Gasteiger charge is 2.14. The molecule has 0 aliphatic carbocycles. The molecule has 0 N–H and O–H groups in total. The van der Waals surface area contributed by atoms with Crippen LogP contribution in [0.2, 0.25) is 0 Å². The van der Waals surface area contributed by atoms with Gasteiger partial charge in [-0.05, 0) is 30.4 Å². The first-order valence-corrected chi connectivity index (χ1v) is 9.44. The second-order valence-corrected chi connectivity index (χ2v) is 6.54. The van der Waals surface area contributed by atoms with Gasteiger partial charge in [0.05, 0.1) is 6.33 Å². The lowest BCUT2D eigenvalue weighted by atomic mass is 9.89. The Kier molecular flexibility index (Phi) is 7.92. The lowest BCUT2D eigenvalue weighted by Crippen LogP contribution is -2.04. The first-order chi connectivity index (χ1) is 11.4. The summed E-state index contributed by atoms with van der Waals surface area (Å²) in [6.45, 7) is 4.60. The summed E-state index contributed by atoms with van der Waals surface area (Å²) in [5.41, 5.74) is 2.76. The number of hydrogen-bond donors (Lipinski definition) is 0. The summed E-state index contributed by atoms with van der Waals surface area (Å²) in [6.07, 6.45) is 18.0. The summed E-state index contributed by atoms with van der Waals surface area (Å²) in [5.74, 6) is 0.657. The minimum Gasteiger partial charge on any atom is -0.306 e. The van der Waals surface area contributed by atoms with Crippen molar-refractivity contribution in [3.63, 3.8) is 0 Å². The predicted octanol–water partition coefficient (Wildman–Crippen LogP) is 6.51. The molecule has 2 heteroatoms. The Morgan fingerprint density at radius 1 is 0.957 bits per heavy atom. The zero-order valence-electron chi connectivity index (χ0n) is 14.9. The van der Waals surface area contributed by atoms with Gasteiger partial charge in [0.25, 0.3) is 0 Å². The largest absolute Gasteiger partial charge is 0.306 e. The zero-order valence-corrected chi connectivity index (χ0v) is 14.9. The van der Waals surface area contributed by atoms with Gasteiger partial charge in [-0.2, -0.15) is 0 Å². The summed E-state index contributed by atoms with van der Waals surface area (Å²) < 4.78 is 2.14. The summed E-state index contributed by atoms with van der Waals surface area (Å²) in [4.78, 5) is 4.20. The number of hydrogen-bond acceptors (Lipinski definition) is 1. The van der Waals surface area contributed by atoms with Crippen LogP contribution in [0.5, 0.6) is 0 Å². The highest BCUT2D eigenvalue weighted by molar-refractivity contribution is 5.43. The van der Waals surface area contributed by atoms with Gasteiger partial charge in [0, 0.05) is 18.1 Å². The first kappa shape index (κ1) is 17.8. The molecule has 2 rings (SSSR count). The van der Waals surface area contributed by atoms with Crippen molar-refractivity contribution in [2.45, 2.75) is 77.6 Å². The van der Waals surface area contributed by atoms with Crippen molar-refractivity contribution in [3.05, 3.63) is 48.5 Å². The summed E-state index contributed by atoms with van der Waals surface area (Å²) in [6, 6.07) is 8.80. The number of rotatable bonds is 11. The normalized spacial score (nSPS) is 12.4. The van der Waals surface area contributed by atoms with Gasteiger partial charge in [0.2, 0.25) is 0 Å². The fourth-order valence-corrected chi connectivity index (χ4v) is 3.40. The number of benzene rings is 1. The Labute approximate surface area is 142 Å². The van der Waals surface area contributed by atoms with E-state index in [1.165, 1.54) is 69.0 Å². The SMILES string of the molecule is CCCCCCCCC[C@H](CC)c1ccccc1-n1ccnc1. The van der Waals surface area contributed by atoms with E-state index in [1.54, 1.807) is 0 Å². The molecular weight excluding hydrogens is 280 g/mol. The van der Waals surface area contributed by atoms with E-state index in [4.69, 9.17) is 0 Å². The molecule has 1 atom stereocenters. The third kappa shape index (κ3) is 5.53. The Morgan fingerprint density at radius 3 is 2.39 bits per heavy atom. The third-order valence-corrected chi connectivity index (χ3v) is 4.81. The van der Waals surface area contributed by atoms with E-state index in [0.29, 0.717) is 5.92 Å². The van der Waals surface area contributed by atoms with Crippen LogP contribution in [0.15, 0.2) is 43.0 Å². The third-order valence-electron chi connectivity index (χ3n) is 4.81. The van der Waals surface area contributed by atoms with Gasteiger partial charge in [0.15, 0.2) is 0 Å². The van der Waals surface area contributed by atoms with Gasteiger partial charge in [-0.3, -0.25) is 0 Å². The predicted molar refractivity (Wildman–Crippen MR) is 99.2 cm³/mol. The maximum Gasteiger partial charge on any atom is 0.0991 e. The molecule has 0 aliphatic heterocycles. The van der Waals surface area contributed by atoms with Crippen LogP contribution >= 0.6 is 0 Å². The maximum atomic E-state index is 4.20. The first-order valence-electron chi connectivity index (χ1n) is 9.44. The van der Waals surface area contributed by atoms with Crippen LogP contribution in [0.25, 0.3) is 5.69 Å². The second kappa shape index (κ2) is 10.3. The molecule has 1 heterocycles. The zero-order chi connectivity index (χ0) is 16.3. The Morgan fingerprint density at radius 2 is 1.70 bits per heavy atom. The Bertz CT molecular complexity index is 531. The van der Waals surface area contributed by atoms with Crippen molar-refractivity contribution in [3.8, 4) is 5.69 Å². The van der Waals surface area contributed by atoms with Crippen molar-refractivity contribution in [2.24, 2.45) is 0 Å². The second-order valence-electron chi connectivity index (χ2n) is 6.54. The average Bonchev–Trinajstić information content (AvgIpc) is 3.12. The van der Waals surface area contributed by atoms with Crippen LogP contribution in [-0.4, -0.2) is 9.55 Å². The molecule has 0 aliphatic rings. The van der Waals surface area contributed by atoms with Crippen molar-refractivity contribution in [1.29, 1.82) is 0 Å². The quantitative estimate of drug-likeness (QED) is 0.433. The average molecular weight is 313 g/mol. The molecule has 0 radical (unpaired) electrons. The van der Waals surface area contributed by atoms with E-state index in [0.717, 1.165) is 0 Å². The van der Waals surface area contributed by atoms with Crippen LogP contribution in [-0.2, 0) is 0 Å². The molecule has 126 valence electrons. The molecular formula is C21H32N2. The van der Waals surface area contributed by atoms with Crippen LogP contribution in [0.3, 0.4) is 0 Å². The highest BCUT2D eigenvalue weighted by Crippen LogP contribution is 2.30. The van der Waals surface area contributed by atoms with E-state index < -0.39 is 0 Å². The molecule has 2 nitrogen and oxygen atoms in total. The number of unbranched alkanes of at least 4 members (excludes halogenated alkanes) is 6. The van der Waals surface area contributed by atoms with Crippen LogP contribution in [0.1, 0.15) is 83.1 Å². The van der Waals surface area contributed by atoms with Gasteiger partial charge in [-0.15, -0.1) is 0 Å². The van der Waals surface area contributed by atoms with Crippen molar-refractivity contribution >= 4 is 0 Å². The van der Waals surface area contributed by atoms with Gasteiger partial charge < -0.3 is 4.57 Å². The highest BCUT2D eigenvalue weighted by atomic mass is 15.0. The minimum atomic E-state index is 0.657. The lowest BCUT2D eigenvalue weighted by molar-refractivity contribution is 0.524.